The maximum Gasteiger partial charge on any atom is 0.118 e. The lowest BCUT2D eigenvalue weighted by Crippen LogP contribution is -2.37. The van der Waals surface area contributed by atoms with Gasteiger partial charge < -0.3 is 19.3 Å². The summed E-state index contributed by atoms with van der Waals surface area (Å²) in [5, 5.41) is 9.66. The lowest BCUT2D eigenvalue weighted by molar-refractivity contribution is -0.113. The van der Waals surface area contributed by atoms with E-state index < -0.39 is 0 Å². The molecule has 0 saturated carbocycles. The normalized spacial score (nSPS) is 26.7. The van der Waals surface area contributed by atoms with Gasteiger partial charge in [0.05, 0.1) is 32.5 Å². The number of aliphatic hydroxyl groups excluding tert-OH is 1. The van der Waals surface area contributed by atoms with Crippen LogP contribution in [-0.2, 0) is 16.1 Å². The van der Waals surface area contributed by atoms with Crippen molar-refractivity contribution in [1.82, 2.24) is 0 Å². The molecule has 4 nitrogen and oxygen atoms in total. The molecule has 23 heavy (non-hydrogen) atoms. The summed E-state index contributed by atoms with van der Waals surface area (Å²) in [6.07, 6.45) is 9.28. The van der Waals surface area contributed by atoms with Crippen LogP contribution in [0.25, 0.3) is 0 Å². The van der Waals surface area contributed by atoms with Gasteiger partial charge in [0.2, 0.25) is 0 Å². The molecule has 0 fully saturated rings. The summed E-state index contributed by atoms with van der Waals surface area (Å²) in [6, 6.07) is 7.79. The smallest absolute Gasteiger partial charge is 0.118 e. The molecule has 2 rings (SSSR count). The first kappa shape index (κ1) is 17.7. The average molecular weight is 318 g/mol. The molecule has 1 aromatic rings. The molecule has 0 aromatic heterocycles. The van der Waals surface area contributed by atoms with Crippen molar-refractivity contribution in [3.05, 3.63) is 54.1 Å². The summed E-state index contributed by atoms with van der Waals surface area (Å²) in [6.45, 7) is 2.41. The number of ether oxygens (including phenoxy) is 3. The van der Waals surface area contributed by atoms with E-state index in [1.807, 2.05) is 43.3 Å². The standard InChI is InChI=1S/C19H26O4/c1-3-6-17-7-4-5-8-18(19(13-20)23-17)22-14-15-9-11-16(21-2)12-10-15/h3-6,9-12,17-20H,7-8,13-14H2,1-2H3/b5-4-,6-3+/t17-,18-,19+/m0/s1. The first-order chi connectivity index (χ1) is 11.3. The molecule has 4 heteroatoms. The van der Waals surface area contributed by atoms with Crippen LogP contribution in [0.5, 0.6) is 5.75 Å². The second-order valence-corrected chi connectivity index (χ2v) is 5.56. The monoisotopic (exact) mass is 318 g/mol. The summed E-state index contributed by atoms with van der Waals surface area (Å²) in [7, 11) is 1.65. The van der Waals surface area contributed by atoms with E-state index in [-0.39, 0.29) is 24.9 Å². The predicted molar refractivity (Wildman–Crippen MR) is 90.5 cm³/mol. The maximum absolute atomic E-state index is 9.66. The van der Waals surface area contributed by atoms with Crippen molar-refractivity contribution < 1.29 is 19.3 Å². The Hall–Kier alpha value is -1.62. The summed E-state index contributed by atoms with van der Waals surface area (Å²) in [5.41, 5.74) is 1.07. The summed E-state index contributed by atoms with van der Waals surface area (Å²) in [4.78, 5) is 0. The fourth-order valence-electron chi connectivity index (χ4n) is 2.58. The van der Waals surface area contributed by atoms with Crippen LogP contribution in [0.1, 0.15) is 25.3 Å². The quantitative estimate of drug-likeness (QED) is 0.818. The first-order valence-corrected chi connectivity index (χ1v) is 8.05. The van der Waals surface area contributed by atoms with Gasteiger partial charge in [0.15, 0.2) is 0 Å². The molecular weight excluding hydrogens is 292 g/mol. The summed E-state index contributed by atoms with van der Waals surface area (Å²) < 4.78 is 17.1. The zero-order valence-corrected chi connectivity index (χ0v) is 13.9. The van der Waals surface area contributed by atoms with Crippen LogP contribution in [0.2, 0.25) is 0 Å². The fraction of sp³-hybridized carbons (Fsp3) is 0.474. The van der Waals surface area contributed by atoms with Crippen LogP contribution in [-0.4, -0.2) is 37.1 Å². The van der Waals surface area contributed by atoms with Gasteiger partial charge >= 0.3 is 0 Å². The van der Waals surface area contributed by atoms with E-state index in [1.165, 1.54) is 0 Å². The van der Waals surface area contributed by atoms with Gasteiger partial charge in [-0.05, 0) is 37.5 Å². The number of allylic oxidation sites excluding steroid dienone is 1. The predicted octanol–water partition coefficient (Wildman–Crippen LogP) is 3.25. The zero-order chi connectivity index (χ0) is 16.5. The summed E-state index contributed by atoms with van der Waals surface area (Å²) >= 11 is 0. The highest BCUT2D eigenvalue weighted by Crippen LogP contribution is 2.20. The highest BCUT2D eigenvalue weighted by molar-refractivity contribution is 5.26. The maximum atomic E-state index is 9.66. The second-order valence-electron chi connectivity index (χ2n) is 5.56. The van der Waals surface area contributed by atoms with Crippen LogP contribution in [0.3, 0.4) is 0 Å². The number of hydrogen-bond acceptors (Lipinski definition) is 4. The van der Waals surface area contributed by atoms with Gasteiger partial charge in [-0.1, -0.05) is 36.4 Å². The van der Waals surface area contributed by atoms with Crippen LogP contribution < -0.4 is 4.74 Å². The number of aliphatic hydroxyl groups is 1. The molecule has 0 aliphatic carbocycles. The Morgan fingerprint density at radius 3 is 2.61 bits per heavy atom. The lowest BCUT2D eigenvalue weighted by atomic mass is 10.1. The third-order valence-electron chi connectivity index (χ3n) is 3.88. The van der Waals surface area contributed by atoms with Crippen molar-refractivity contribution in [3.63, 3.8) is 0 Å². The van der Waals surface area contributed by atoms with Gasteiger partial charge in [-0.3, -0.25) is 0 Å². The van der Waals surface area contributed by atoms with Crippen molar-refractivity contribution in [2.45, 2.75) is 44.7 Å². The average Bonchev–Trinajstić information content (AvgIpc) is 2.57. The molecule has 1 aliphatic rings. The van der Waals surface area contributed by atoms with Gasteiger partial charge in [0.25, 0.3) is 0 Å². The van der Waals surface area contributed by atoms with Gasteiger partial charge in [0.1, 0.15) is 11.9 Å². The molecule has 0 bridgehead atoms. The lowest BCUT2D eigenvalue weighted by Gasteiger charge is -2.29. The molecule has 126 valence electrons. The van der Waals surface area contributed by atoms with Crippen LogP contribution in [0, 0.1) is 0 Å². The molecule has 0 radical (unpaired) electrons. The SMILES string of the molecule is C/C=C/[C@H]1C/C=C\C[C@H](OCc2ccc(OC)cc2)[C@@H](CO)O1. The third kappa shape index (κ3) is 5.50. The van der Waals surface area contributed by atoms with Crippen molar-refractivity contribution in [3.8, 4) is 5.75 Å². The van der Waals surface area contributed by atoms with E-state index in [1.54, 1.807) is 7.11 Å². The Labute approximate surface area is 138 Å². The Bertz CT molecular complexity index is 507. The van der Waals surface area contributed by atoms with E-state index >= 15 is 0 Å². The van der Waals surface area contributed by atoms with Crippen LogP contribution in [0.4, 0.5) is 0 Å². The zero-order valence-electron chi connectivity index (χ0n) is 13.9. The molecule has 1 aliphatic heterocycles. The number of hydrogen-bond donors (Lipinski definition) is 1. The Morgan fingerprint density at radius 1 is 1.22 bits per heavy atom. The van der Waals surface area contributed by atoms with E-state index in [9.17, 15) is 5.11 Å². The molecule has 1 N–H and O–H groups in total. The van der Waals surface area contributed by atoms with Gasteiger partial charge in [0, 0.05) is 0 Å². The molecule has 0 spiro atoms. The minimum atomic E-state index is -0.320. The third-order valence-corrected chi connectivity index (χ3v) is 3.88. The van der Waals surface area contributed by atoms with Gasteiger partial charge in [-0.2, -0.15) is 0 Å². The number of rotatable bonds is 6. The minimum Gasteiger partial charge on any atom is -0.497 e. The molecule has 1 heterocycles. The van der Waals surface area contributed by atoms with E-state index in [2.05, 4.69) is 12.2 Å². The van der Waals surface area contributed by atoms with Crippen LogP contribution >= 0.6 is 0 Å². The van der Waals surface area contributed by atoms with Gasteiger partial charge in [-0.15, -0.1) is 0 Å². The Balaban J connectivity index is 1.97. The van der Waals surface area contributed by atoms with Gasteiger partial charge in [-0.25, -0.2) is 0 Å². The molecule has 3 atom stereocenters. The highest BCUT2D eigenvalue weighted by atomic mass is 16.6. The second kappa shape index (κ2) is 9.50. The molecule has 0 amide bonds. The highest BCUT2D eigenvalue weighted by Gasteiger charge is 2.25. The van der Waals surface area contributed by atoms with Crippen molar-refractivity contribution in [2.75, 3.05) is 13.7 Å². The molecule has 0 unspecified atom stereocenters. The molecule has 0 saturated heterocycles. The van der Waals surface area contributed by atoms with E-state index in [0.29, 0.717) is 6.61 Å². The topological polar surface area (TPSA) is 47.9 Å². The van der Waals surface area contributed by atoms with E-state index in [4.69, 9.17) is 14.2 Å². The van der Waals surface area contributed by atoms with Crippen molar-refractivity contribution >= 4 is 0 Å². The minimum absolute atomic E-state index is 0.0132. The van der Waals surface area contributed by atoms with Crippen LogP contribution in [0.15, 0.2) is 48.6 Å². The molecule has 1 aromatic carbocycles. The van der Waals surface area contributed by atoms with Crippen molar-refractivity contribution in [2.24, 2.45) is 0 Å². The van der Waals surface area contributed by atoms with Crippen molar-refractivity contribution in [1.29, 1.82) is 0 Å². The Kier molecular flexibility index (Phi) is 7.33. The fourth-order valence-corrected chi connectivity index (χ4v) is 2.58. The summed E-state index contributed by atoms with van der Waals surface area (Å²) in [5.74, 6) is 0.827. The Morgan fingerprint density at radius 2 is 1.96 bits per heavy atom. The number of benzene rings is 1. The first-order valence-electron chi connectivity index (χ1n) is 8.05. The largest absolute Gasteiger partial charge is 0.497 e. The number of methoxy groups -OCH3 is 1. The molecular formula is C19H26O4. The van der Waals surface area contributed by atoms with E-state index in [0.717, 1.165) is 24.2 Å².